The van der Waals surface area contributed by atoms with Crippen LogP contribution in [0.25, 0.3) is 5.52 Å². The van der Waals surface area contributed by atoms with E-state index in [1.807, 2.05) is 46.8 Å². The summed E-state index contributed by atoms with van der Waals surface area (Å²) in [4.78, 5) is 0. The lowest BCUT2D eigenvalue weighted by atomic mass is 10.0. The van der Waals surface area contributed by atoms with Gasteiger partial charge in [0.2, 0.25) is 0 Å². The fraction of sp³-hybridized carbons (Fsp3) is 0.333. The molecule has 0 saturated carbocycles. The number of aryl methyl sites for hydroxylation is 2. The smallest absolute Gasteiger partial charge is 0.0710 e. The van der Waals surface area contributed by atoms with Crippen LogP contribution >= 0.6 is 0 Å². The molecule has 21 heavy (non-hydrogen) atoms. The molecule has 0 saturated heterocycles. The Kier molecular flexibility index (Phi) is 3.72. The zero-order valence-electron chi connectivity index (χ0n) is 12.3. The first-order chi connectivity index (χ1) is 10.2. The standard InChI is InChI=1S/C15H20N6/c1-3-11-8-12(20(2)19-11)9-14(18-16)13-10-17-21-7-5-4-6-15(13)21/h4-8,10,14,18H,3,9,16H2,1-2H3. The summed E-state index contributed by atoms with van der Waals surface area (Å²) >= 11 is 0. The second-order valence-electron chi connectivity index (χ2n) is 5.16. The summed E-state index contributed by atoms with van der Waals surface area (Å²) in [6, 6.07) is 8.16. The van der Waals surface area contributed by atoms with Gasteiger partial charge in [-0.1, -0.05) is 13.0 Å². The van der Waals surface area contributed by atoms with Gasteiger partial charge in [-0.25, -0.2) is 4.52 Å². The van der Waals surface area contributed by atoms with Gasteiger partial charge in [0, 0.05) is 30.9 Å². The number of rotatable bonds is 5. The zero-order valence-corrected chi connectivity index (χ0v) is 12.3. The summed E-state index contributed by atoms with van der Waals surface area (Å²) in [6.07, 6.45) is 5.52. The van der Waals surface area contributed by atoms with Crippen LogP contribution in [-0.4, -0.2) is 19.4 Å². The lowest BCUT2D eigenvalue weighted by molar-refractivity contribution is 0.532. The fourth-order valence-corrected chi connectivity index (χ4v) is 2.63. The molecule has 0 aromatic carbocycles. The number of nitrogens with two attached hydrogens (primary N) is 1. The van der Waals surface area contributed by atoms with Crippen LogP contribution in [0.4, 0.5) is 0 Å². The fourth-order valence-electron chi connectivity index (χ4n) is 2.63. The molecule has 0 amide bonds. The van der Waals surface area contributed by atoms with Crippen molar-refractivity contribution >= 4 is 5.52 Å². The number of pyridine rings is 1. The van der Waals surface area contributed by atoms with Crippen LogP contribution in [0.5, 0.6) is 0 Å². The molecule has 6 nitrogen and oxygen atoms in total. The van der Waals surface area contributed by atoms with Crippen molar-refractivity contribution in [1.82, 2.24) is 24.8 Å². The molecule has 3 rings (SSSR count). The largest absolute Gasteiger partial charge is 0.272 e. The van der Waals surface area contributed by atoms with Gasteiger partial charge in [-0.2, -0.15) is 10.2 Å². The zero-order chi connectivity index (χ0) is 14.8. The van der Waals surface area contributed by atoms with Gasteiger partial charge >= 0.3 is 0 Å². The Balaban J connectivity index is 1.93. The molecular weight excluding hydrogens is 264 g/mol. The Morgan fingerprint density at radius 1 is 1.38 bits per heavy atom. The van der Waals surface area contributed by atoms with Gasteiger partial charge in [0.05, 0.1) is 23.4 Å². The predicted octanol–water partition coefficient (Wildman–Crippen LogP) is 1.38. The molecule has 3 aromatic heterocycles. The summed E-state index contributed by atoms with van der Waals surface area (Å²) in [6.45, 7) is 2.11. The Labute approximate surface area is 123 Å². The van der Waals surface area contributed by atoms with Gasteiger partial charge in [0.15, 0.2) is 0 Å². The van der Waals surface area contributed by atoms with Crippen LogP contribution in [0.3, 0.4) is 0 Å². The number of hydrogen-bond acceptors (Lipinski definition) is 4. The predicted molar refractivity (Wildman–Crippen MR) is 81.5 cm³/mol. The highest BCUT2D eigenvalue weighted by atomic mass is 15.3. The van der Waals surface area contributed by atoms with Crippen LogP contribution < -0.4 is 11.3 Å². The van der Waals surface area contributed by atoms with Crippen molar-refractivity contribution in [3.05, 3.63) is 53.6 Å². The number of aromatic nitrogens is 4. The lowest BCUT2D eigenvalue weighted by Gasteiger charge is -2.15. The molecule has 3 aromatic rings. The Morgan fingerprint density at radius 3 is 2.95 bits per heavy atom. The van der Waals surface area contributed by atoms with Crippen molar-refractivity contribution in [2.24, 2.45) is 12.9 Å². The van der Waals surface area contributed by atoms with Gasteiger partial charge in [-0.15, -0.1) is 0 Å². The average molecular weight is 284 g/mol. The molecule has 110 valence electrons. The van der Waals surface area contributed by atoms with Gasteiger partial charge in [-0.05, 0) is 24.6 Å². The lowest BCUT2D eigenvalue weighted by Crippen LogP contribution is -2.30. The summed E-state index contributed by atoms with van der Waals surface area (Å²) in [5.41, 5.74) is 7.33. The van der Waals surface area contributed by atoms with Gasteiger partial charge in [-0.3, -0.25) is 16.0 Å². The van der Waals surface area contributed by atoms with E-state index in [0.29, 0.717) is 0 Å². The highest BCUT2D eigenvalue weighted by Crippen LogP contribution is 2.22. The maximum Gasteiger partial charge on any atom is 0.0710 e. The number of hydrogen-bond donors (Lipinski definition) is 2. The molecular formula is C15H20N6. The van der Waals surface area contributed by atoms with Crippen molar-refractivity contribution < 1.29 is 0 Å². The minimum absolute atomic E-state index is 0.00464. The number of fused-ring (bicyclic) bond motifs is 1. The van der Waals surface area contributed by atoms with Gasteiger partial charge < -0.3 is 0 Å². The van der Waals surface area contributed by atoms with E-state index in [-0.39, 0.29) is 6.04 Å². The molecule has 1 atom stereocenters. The van der Waals surface area contributed by atoms with E-state index in [4.69, 9.17) is 5.84 Å². The van der Waals surface area contributed by atoms with Gasteiger partial charge in [0.1, 0.15) is 0 Å². The van der Waals surface area contributed by atoms with E-state index < -0.39 is 0 Å². The first kappa shape index (κ1) is 13.8. The monoisotopic (exact) mass is 284 g/mol. The summed E-state index contributed by atoms with van der Waals surface area (Å²) < 4.78 is 3.79. The molecule has 3 heterocycles. The van der Waals surface area contributed by atoms with E-state index in [0.717, 1.165) is 35.3 Å². The second kappa shape index (κ2) is 5.67. The molecule has 0 bridgehead atoms. The van der Waals surface area contributed by atoms with Crippen molar-refractivity contribution in [3.8, 4) is 0 Å². The number of nitrogens with one attached hydrogen (secondary N) is 1. The van der Waals surface area contributed by atoms with Crippen LogP contribution in [0.15, 0.2) is 36.7 Å². The van der Waals surface area contributed by atoms with E-state index in [9.17, 15) is 0 Å². The highest BCUT2D eigenvalue weighted by Gasteiger charge is 2.17. The molecule has 0 aliphatic heterocycles. The van der Waals surface area contributed by atoms with Crippen molar-refractivity contribution in [2.45, 2.75) is 25.8 Å². The van der Waals surface area contributed by atoms with Crippen LogP contribution in [-0.2, 0) is 19.9 Å². The third kappa shape index (κ3) is 2.55. The molecule has 0 aliphatic rings. The molecule has 0 spiro atoms. The molecule has 0 fully saturated rings. The first-order valence-electron chi connectivity index (χ1n) is 7.13. The van der Waals surface area contributed by atoms with Crippen molar-refractivity contribution in [1.29, 1.82) is 0 Å². The topological polar surface area (TPSA) is 73.2 Å². The number of hydrazine groups is 1. The Hall–Kier alpha value is -2.18. The van der Waals surface area contributed by atoms with Crippen LogP contribution in [0, 0.1) is 0 Å². The van der Waals surface area contributed by atoms with E-state index in [2.05, 4.69) is 28.6 Å². The minimum Gasteiger partial charge on any atom is -0.272 e. The van der Waals surface area contributed by atoms with Crippen LogP contribution in [0.1, 0.15) is 29.9 Å². The third-order valence-electron chi connectivity index (χ3n) is 3.84. The minimum atomic E-state index is 0.00464. The highest BCUT2D eigenvalue weighted by molar-refractivity contribution is 5.55. The van der Waals surface area contributed by atoms with E-state index >= 15 is 0 Å². The molecule has 3 N–H and O–H groups in total. The summed E-state index contributed by atoms with van der Waals surface area (Å²) in [5, 5.41) is 8.86. The molecule has 0 radical (unpaired) electrons. The second-order valence-corrected chi connectivity index (χ2v) is 5.16. The normalized spacial score (nSPS) is 12.9. The average Bonchev–Trinajstić information content (AvgIpc) is 3.08. The summed E-state index contributed by atoms with van der Waals surface area (Å²) in [5.74, 6) is 5.78. The first-order valence-corrected chi connectivity index (χ1v) is 7.13. The van der Waals surface area contributed by atoms with E-state index in [1.165, 1.54) is 0 Å². The molecule has 1 unspecified atom stereocenters. The SMILES string of the molecule is CCc1cc(CC(NN)c2cnn3ccccc23)n(C)n1. The van der Waals surface area contributed by atoms with E-state index in [1.54, 1.807) is 0 Å². The molecule has 6 heteroatoms. The van der Waals surface area contributed by atoms with Crippen LogP contribution in [0.2, 0.25) is 0 Å². The Morgan fingerprint density at radius 2 is 2.24 bits per heavy atom. The van der Waals surface area contributed by atoms with Crippen molar-refractivity contribution in [3.63, 3.8) is 0 Å². The molecule has 0 aliphatic carbocycles. The quantitative estimate of drug-likeness (QED) is 0.548. The summed E-state index contributed by atoms with van der Waals surface area (Å²) in [7, 11) is 1.97. The van der Waals surface area contributed by atoms with Crippen molar-refractivity contribution in [2.75, 3.05) is 0 Å². The third-order valence-corrected chi connectivity index (χ3v) is 3.84. The number of nitrogens with zero attached hydrogens (tertiary/aromatic N) is 4. The van der Waals surface area contributed by atoms with Gasteiger partial charge in [0.25, 0.3) is 0 Å². The Bertz CT molecular complexity index is 742. The maximum absolute atomic E-state index is 5.78. The maximum atomic E-state index is 5.78.